The van der Waals surface area contributed by atoms with Crippen molar-refractivity contribution in [2.45, 2.75) is 10.7 Å². The van der Waals surface area contributed by atoms with Gasteiger partial charge in [0.05, 0.1) is 11.4 Å². The molecular weight excluding hydrogens is 359 g/mol. The van der Waals surface area contributed by atoms with Gasteiger partial charge < -0.3 is 10.1 Å². The first kappa shape index (κ1) is 18.8. The summed E-state index contributed by atoms with van der Waals surface area (Å²) in [6.45, 7) is 0.280. The number of benzene rings is 2. The Bertz CT molecular complexity index is 821. The number of carbonyl (C=O) groups is 1. The van der Waals surface area contributed by atoms with Gasteiger partial charge in [0.15, 0.2) is 0 Å². The van der Waals surface area contributed by atoms with Crippen molar-refractivity contribution in [3.05, 3.63) is 59.9 Å². The van der Waals surface area contributed by atoms with Gasteiger partial charge in [-0.05, 0) is 48.5 Å². The molecule has 0 heterocycles. The van der Waals surface area contributed by atoms with Gasteiger partial charge in [-0.15, -0.1) is 0 Å². The van der Waals surface area contributed by atoms with E-state index in [0.717, 1.165) is 24.3 Å². The van der Waals surface area contributed by atoms with Crippen LogP contribution in [0.2, 0.25) is 0 Å². The molecule has 0 unspecified atom stereocenters. The Labute approximate surface area is 142 Å². The molecule has 2 aromatic carbocycles. The van der Waals surface area contributed by atoms with E-state index in [1.807, 2.05) is 0 Å². The standard InChI is InChI=1S/C16H14F3NO4S/c17-12-3-5-13(6-4-12)24-10-9-20-15(21)11-1-7-14(8-2-11)25(22,23)16(18)19/h1-8,16H,9-10H2,(H,20,21). The second-order valence-corrected chi connectivity index (χ2v) is 6.81. The predicted octanol–water partition coefficient (Wildman–Crippen LogP) is 2.63. The zero-order chi connectivity index (χ0) is 18.4. The summed E-state index contributed by atoms with van der Waals surface area (Å²) in [7, 11) is -4.69. The number of rotatable bonds is 7. The molecule has 0 aliphatic rings. The van der Waals surface area contributed by atoms with Crippen LogP contribution in [0.25, 0.3) is 0 Å². The Balaban J connectivity index is 1.85. The van der Waals surface area contributed by atoms with Crippen molar-refractivity contribution in [1.29, 1.82) is 0 Å². The van der Waals surface area contributed by atoms with Crippen LogP contribution in [0.1, 0.15) is 10.4 Å². The van der Waals surface area contributed by atoms with Crippen molar-refractivity contribution < 1.29 is 31.1 Å². The molecule has 0 fully saturated rings. The average molecular weight is 373 g/mol. The Kier molecular flexibility index (Phi) is 6.02. The molecule has 1 amide bonds. The van der Waals surface area contributed by atoms with Crippen LogP contribution in [-0.2, 0) is 9.84 Å². The summed E-state index contributed by atoms with van der Waals surface area (Å²) in [5, 5.41) is 2.53. The maximum Gasteiger partial charge on any atom is 0.341 e. The lowest BCUT2D eigenvalue weighted by molar-refractivity contribution is 0.0947. The van der Waals surface area contributed by atoms with E-state index in [1.54, 1.807) is 0 Å². The Morgan fingerprint density at radius 2 is 1.64 bits per heavy atom. The summed E-state index contributed by atoms with van der Waals surface area (Å²) < 4.78 is 65.4. The highest BCUT2D eigenvalue weighted by molar-refractivity contribution is 7.91. The molecule has 0 bridgehead atoms. The third kappa shape index (κ3) is 4.96. The van der Waals surface area contributed by atoms with Crippen LogP contribution in [0.4, 0.5) is 13.2 Å². The van der Waals surface area contributed by atoms with Gasteiger partial charge in [-0.3, -0.25) is 4.79 Å². The molecule has 25 heavy (non-hydrogen) atoms. The zero-order valence-electron chi connectivity index (χ0n) is 12.8. The molecule has 0 saturated carbocycles. The first-order valence-electron chi connectivity index (χ1n) is 7.09. The van der Waals surface area contributed by atoms with E-state index in [9.17, 15) is 26.4 Å². The van der Waals surface area contributed by atoms with E-state index in [0.29, 0.717) is 5.75 Å². The molecular formula is C16H14F3NO4S. The van der Waals surface area contributed by atoms with Gasteiger partial charge in [0.1, 0.15) is 18.2 Å². The highest BCUT2D eigenvalue weighted by atomic mass is 32.2. The van der Waals surface area contributed by atoms with Gasteiger partial charge in [0, 0.05) is 5.56 Å². The molecule has 0 radical (unpaired) electrons. The normalized spacial score (nSPS) is 11.4. The number of amides is 1. The van der Waals surface area contributed by atoms with Gasteiger partial charge in [0.25, 0.3) is 5.91 Å². The zero-order valence-corrected chi connectivity index (χ0v) is 13.6. The van der Waals surface area contributed by atoms with Crippen LogP contribution in [-0.4, -0.2) is 33.2 Å². The Morgan fingerprint density at radius 1 is 1.04 bits per heavy atom. The van der Waals surface area contributed by atoms with Gasteiger partial charge in [-0.25, -0.2) is 12.8 Å². The highest BCUT2D eigenvalue weighted by Crippen LogP contribution is 2.18. The average Bonchev–Trinajstić information content (AvgIpc) is 2.60. The molecule has 5 nitrogen and oxygen atoms in total. The highest BCUT2D eigenvalue weighted by Gasteiger charge is 2.26. The minimum absolute atomic E-state index is 0.120. The number of sulfone groups is 1. The molecule has 0 aromatic heterocycles. The largest absolute Gasteiger partial charge is 0.492 e. The third-order valence-electron chi connectivity index (χ3n) is 3.15. The maximum absolute atomic E-state index is 12.7. The van der Waals surface area contributed by atoms with Crippen LogP contribution in [0.15, 0.2) is 53.4 Å². The number of alkyl halides is 2. The molecule has 9 heteroatoms. The van der Waals surface area contributed by atoms with E-state index in [2.05, 4.69) is 5.32 Å². The van der Waals surface area contributed by atoms with Crippen molar-refractivity contribution in [2.24, 2.45) is 0 Å². The van der Waals surface area contributed by atoms with Crippen molar-refractivity contribution in [1.82, 2.24) is 5.32 Å². The van der Waals surface area contributed by atoms with E-state index >= 15 is 0 Å². The van der Waals surface area contributed by atoms with Gasteiger partial charge in [0.2, 0.25) is 9.84 Å². The summed E-state index contributed by atoms with van der Waals surface area (Å²) in [6, 6.07) is 9.55. The minimum atomic E-state index is -4.69. The fraction of sp³-hybridized carbons (Fsp3) is 0.188. The molecule has 0 aliphatic heterocycles. The molecule has 2 rings (SSSR count). The fourth-order valence-electron chi connectivity index (χ4n) is 1.87. The van der Waals surface area contributed by atoms with Crippen LogP contribution in [0.3, 0.4) is 0 Å². The van der Waals surface area contributed by atoms with E-state index in [4.69, 9.17) is 4.74 Å². The van der Waals surface area contributed by atoms with Crippen molar-refractivity contribution >= 4 is 15.7 Å². The number of ether oxygens (including phenoxy) is 1. The summed E-state index contributed by atoms with van der Waals surface area (Å²) >= 11 is 0. The van der Waals surface area contributed by atoms with Crippen molar-refractivity contribution in [2.75, 3.05) is 13.2 Å². The van der Waals surface area contributed by atoms with Crippen molar-refractivity contribution in [3.8, 4) is 5.75 Å². The second kappa shape index (κ2) is 8.02. The van der Waals surface area contributed by atoms with Gasteiger partial charge in [-0.1, -0.05) is 0 Å². The lowest BCUT2D eigenvalue weighted by Gasteiger charge is -2.08. The number of halogens is 3. The molecule has 2 aromatic rings. The molecule has 0 atom stereocenters. The van der Waals surface area contributed by atoms with E-state index in [1.165, 1.54) is 24.3 Å². The first-order chi connectivity index (χ1) is 11.8. The third-order valence-corrected chi connectivity index (χ3v) is 4.55. The summed E-state index contributed by atoms with van der Waals surface area (Å²) in [4.78, 5) is 11.3. The number of hydrogen-bond acceptors (Lipinski definition) is 4. The molecule has 0 aliphatic carbocycles. The lowest BCUT2D eigenvalue weighted by Crippen LogP contribution is -2.28. The molecule has 1 N–H and O–H groups in total. The van der Waals surface area contributed by atoms with Crippen LogP contribution >= 0.6 is 0 Å². The predicted molar refractivity (Wildman–Crippen MR) is 83.9 cm³/mol. The molecule has 134 valence electrons. The Morgan fingerprint density at radius 3 is 2.20 bits per heavy atom. The lowest BCUT2D eigenvalue weighted by atomic mass is 10.2. The smallest absolute Gasteiger partial charge is 0.341 e. The number of nitrogens with one attached hydrogen (secondary N) is 1. The summed E-state index contributed by atoms with van der Waals surface area (Å²) in [6.07, 6.45) is 0. The summed E-state index contributed by atoms with van der Waals surface area (Å²) in [5.74, 6) is -3.98. The van der Waals surface area contributed by atoms with Crippen molar-refractivity contribution in [3.63, 3.8) is 0 Å². The van der Waals surface area contributed by atoms with Crippen LogP contribution < -0.4 is 10.1 Å². The first-order valence-corrected chi connectivity index (χ1v) is 8.64. The topological polar surface area (TPSA) is 72.5 Å². The monoisotopic (exact) mass is 373 g/mol. The minimum Gasteiger partial charge on any atom is -0.492 e. The Hall–Kier alpha value is -2.55. The molecule has 0 spiro atoms. The van der Waals surface area contributed by atoms with Gasteiger partial charge in [-0.2, -0.15) is 8.78 Å². The number of carbonyl (C=O) groups excluding carboxylic acids is 1. The fourth-order valence-corrected chi connectivity index (χ4v) is 2.59. The van der Waals surface area contributed by atoms with E-state index in [-0.39, 0.29) is 18.7 Å². The SMILES string of the molecule is O=C(NCCOc1ccc(F)cc1)c1ccc(S(=O)(=O)C(F)F)cc1. The quantitative estimate of drug-likeness (QED) is 0.758. The van der Waals surface area contributed by atoms with Crippen LogP contribution in [0, 0.1) is 5.82 Å². The number of hydrogen-bond donors (Lipinski definition) is 1. The van der Waals surface area contributed by atoms with Crippen LogP contribution in [0.5, 0.6) is 5.75 Å². The van der Waals surface area contributed by atoms with Gasteiger partial charge >= 0.3 is 5.76 Å². The maximum atomic E-state index is 12.7. The van der Waals surface area contributed by atoms with E-state index < -0.39 is 32.2 Å². The summed E-state index contributed by atoms with van der Waals surface area (Å²) in [5.41, 5.74) is 0.120. The molecule has 0 saturated heterocycles. The second-order valence-electron chi connectivity index (χ2n) is 4.89.